The first-order valence-corrected chi connectivity index (χ1v) is 6.14. The normalized spacial score (nSPS) is 12.4. The van der Waals surface area contributed by atoms with E-state index in [1.165, 1.54) is 11.9 Å². The maximum absolute atomic E-state index is 10.9. The standard InChI is InChI=1S/C10H12N2O.C4H4N2/c11-10(13)8-3-4-9-7(6-8)2-1-5-12-9;1-2-5-4-6-3-1/h3-4,6,12H,1-2,5H2,(H2,11,13);1-4H. The Morgan fingerprint density at radius 1 is 1.26 bits per heavy atom. The largest absolute Gasteiger partial charge is 0.385 e. The molecule has 2 aromatic rings. The molecular weight excluding hydrogens is 240 g/mol. The number of carbonyl (C=O) groups is 1. The Morgan fingerprint density at radius 2 is 2.05 bits per heavy atom. The van der Waals surface area contributed by atoms with E-state index < -0.39 is 0 Å². The Hall–Kier alpha value is -2.43. The zero-order valence-corrected chi connectivity index (χ0v) is 10.5. The molecule has 0 saturated carbocycles. The van der Waals surface area contributed by atoms with Crippen LogP contribution in [0.2, 0.25) is 0 Å². The molecule has 0 atom stereocenters. The highest BCUT2D eigenvalue weighted by Gasteiger charge is 2.10. The van der Waals surface area contributed by atoms with Gasteiger partial charge in [-0.1, -0.05) is 0 Å². The lowest BCUT2D eigenvalue weighted by molar-refractivity contribution is 0.1000. The molecule has 1 amide bonds. The molecule has 0 spiro atoms. The molecule has 3 N–H and O–H groups in total. The first kappa shape index (κ1) is 13.0. The first-order valence-electron chi connectivity index (χ1n) is 6.14. The Labute approximate surface area is 111 Å². The number of carbonyl (C=O) groups excluding carboxylic acids is 1. The third kappa shape index (κ3) is 3.77. The van der Waals surface area contributed by atoms with Gasteiger partial charge in [-0.15, -0.1) is 0 Å². The average Bonchev–Trinajstić information content (AvgIpc) is 2.49. The van der Waals surface area contributed by atoms with Crippen LogP contribution in [0.25, 0.3) is 0 Å². The number of rotatable bonds is 1. The topological polar surface area (TPSA) is 80.9 Å². The third-order valence-electron chi connectivity index (χ3n) is 2.81. The van der Waals surface area contributed by atoms with Gasteiger partial charge in [-0.25, -0.2) is 9.97 Å². The van der Waals surface area contributed by atoms with E-state index >= 15 is 0 Å². The molecular formula is C14H16N4O. The molecule has 1 aromatic carbocycles. The summed E-state index contributed by atoms with van der Waals surface area (Å²) in [6.45, 7) is 1.02. The van der Waals surface area contributed by atoms with Crippen molar-refractivity contribution in [3.63, 3.8) is 0 Å². The van der Waals surface area contributed by atoms with Gasteiger partial charge in [0.1, 0.15) is 6.33 Å². The molecule has 5 nitrogen and oxygen atoms in total. The van der Waals surface area contributed by atoms with E-state index in [-0.39, 0.29) is 5.91 Å². The number of nitrogens with one attached hydrogen (secondary N) is 1. The smallest absolute Gasteiger partial charge is 0.248 e. The van der Waals surface area contributed by atoms with Crippen molar-refractivity contribution in [2.24, 2.45) is 5.73 Å². The van der Waals surface area contributed by atoms with Gasteiger partial charge in [0.25, 0.3) is 0 Å². The number of aromatic nitrogens is 2. The number of primary amides is 1. The molecule has 1 aromatic heterocycles. The number of aryl methyl sites for hydroxylation is 1. The summed E-state index contributed by atoms with van der Waals surface area (Å²) >= 11 is 0. The second-order valence-electron chi connectivity index (χ2n) is 4.17. The van der Waals surface area contributed by atoms with E-state index in [1.54, 1.807) is 24.5 Å². The van der Waals surface area contributed by atoms with Crippen molar-refractivity contribution in [1.29, 1.82) is 0 Å². The van der Waals surface area contributed by atoms with Gasteiger partial charge < -0.3 is 11.1 Å². The fourth-order valence-electron chi connectivity index (χ4n) is 1.88. The van der Waals surface area contributed by atoms with Gasteiger partial charge in [0.15, 0.2) is 0 Å². The minimum Gasteiger partial charge on any atom is -0.385 e. The summed E-state index contributed by atoms with van der Waals surface area (Å²) in [7, 11) is 0. The van der Waals surface area contributed by atoms with E-state index in [0.29, 0.717) is 5.56 Å². The zero-order valence-electron chi connectivity index (χ0n) is 10.5. The van der Waals surface area contributed by atoms with E-state index in [0.717, 1.165) is 25.1 Å². The Bertz CT molecular complexity index is 516. The summed E-state index contributed by atoms with van der Waals surface area (Å²) in [6.07, 6.45) is 7.03. The van der Waals surface area contributed by atoms with Crippen molar-refractivity contribution in [2.45, 2.75) is 12.8 Å². The number of hydrogen-bond donors (Lipinski definition) is 2. The van der Waals surface area contributed by atoms with Crippen molar-refractivity contribution < 1.29 is 4.79 Å². The molecule has 19 heavy (non-hydrogen) atoms. The molecule has 0 radical (unpaired) electrons. The molecule has 2 heterocycles. The van der Waals surface area contributed by atoms with Crippen LogP contribution in [0.15, 0.2) is 43.0 Å². The predicted molar refractivity (Wildman–Crippen MR) is 73.8 cm³/mol. The fourth-order valence-corrected chi connectivity index (χ4v) is 1.88. The lowest BCUT2D eigenvalue weighted by atomic mass is 10.0. The molecule has 0 aliphatic carbocycles. The zero-order chi connectivity index (χ0) is 13.5. The molecule has 0 unspecified atom stereocenters. The number of benzene rings is 1. The molecule has 5 heteroatoms. The quantitative estimate of drug-likeness (QED) is 0.812. The summed E-state index contributed by atoms with van der Waals surface area (Å²) in [6, 6.07) is 7.35. The Kier molecular flexibility index (Phi) is 4.44. The van der Waals surface area contributed by atoms with Crippen molar-refractivity contribution in [2.75, 3.05) is 11.9 Å². The second kappa shape index (κ2) is 6.49. The number of nitrogens with zero attached hydrogens (tertiary/aromatic N) is 2. The molecule has 0 fully saturated rings. The predicted octanol–water partition coefficient (Wildman–Crippen LogP) is 1.62. The number of nitrogens with two attached hydrogens (primary N) is 1. The maximum Gasteiger partial charge on any atom is 0.248 e. The van der Waals surface area contributed by atoms with Crippen LogP contribution < -0.4 is 11.1 Å². The SMILES string of the molecule is NC(=O)c1ccc2c(c1)CCCN2.c1cncnc1. The monoisotopic (exact) mass is 256 g/mol. The summed E-state index contributed by atoms with van der Waals surface area (Å²) in [5.74, 6) is -0.353. The lowest BCUT2D eigenvalue weighted by Gasteiger charge is -2.17. The molecule has 0 bridgehead atoms. The van der Waals surface area contributed by atoms with Crippen LogP contribution in [0, 0.1) is 0 Å². The van der Waals surface area contributed by atoms with Crippen molar-refractivity contribution in [3.05, 3.63) is 54.1 Å². The van der Waals surface area contributed by atoms with E-state index in [1.807, 2.05) is 12.1 Å². The minimum atomic E-state index is -0.353. The summed E-state index contributed by atoms with van der Waals surface area (Å²) in [5.41, 5.74) is 8.12. The van der Waals surface area contributed by atoms with Gasteiger partial charge in [0.05, 0.1) is 0 Å². The van der Waals surface area contributed by atoms with Gasteiger partial charge in [-0.05, 0) is 42.7 Å². The number of anilines is 1. The van der Waals surface area contributed by atoms with Gasteiger partial charge in [-0.3, -0.25) is 4.79 Å². The van der Waals surface area contributed by atoms with Crippen LogP contribution in [0.4, 0.5) is 5.69 Å². The fraction of sp³-hybridized carbons (Fsp3) is 0.214. The highest BCUT2D eigenvalue weighted by atomic mass is 16.1. The molecule has 0 saturated heterocycles. The van der Waals surface area contributed by atoms with Gasteiger partial charge >= 0.3 is 0 Å². The van der Waals surface area contributed by atoms with Gasteiger partial charge in [0.2, 0.25) is 5.91 Å². The summed E-state index contributed by atoms with van der Waals surface area (Å²) < 4.78 is 0. The van der Waals surface area contributed by atoms with Crippen LogP contribution in [0.1, 0.15) is 22.3 Å². The summed E-state index contributed by atoms with van der Waals surface area (Å²) in [5, 5.41) is 3.28. The van der Waals surface area contributed by atoms with E-state index in [2.05, 4.69) is 15.3 Å². The first-order chi connectivity index (χ1) is 9.27. The molecule has 1 aliphatic heterocycles. The van der Waals surface area contributed by atoms with E-state index in [9.17, 15) is 4.79 Å². The van der Waals surface area contributed by atoms with Crippen LogP contribution in [0.3, 0.4) is 0 Å². The van der Waals surface area contributed by atoms with Gasteiger partial charge in [0, 0.05) is 30.2 Å². The maximum atomic E-state index is 10.9. The number of fused-ring (bicyclic) bond motifs is 1. The second-order valence-corrected chi connectivity index (χ2v) is 4.17. The Balaban J connectivity index is 0.000000186. The number of hydrogen-bond acceptors (Lipinski definition) is 4. The van der Waals surface area contributed by atoms with Crippen LogP contribution in [-0.2, 0) is 6.42 Å². The highest BCUT2D eigenvalue weighted by molar-refractivity contribution is 5.93. The van der Waals surface area contributed by atoms with Crippen molar-refractivity contribution in [1.82, 2.24) is 9.97 Å². The van der Waals surface area contributed by atoms with Gasteiger partial charge in [-0.2, -0.15) is 0 Å². The molecule has 98 valence electrons. The Morgan fingerprint density at radius 3 is 2.63 bits per heavy atom. The number of amides is 1. The minimum absolute atomic E-state index is 0.353. The average molecular weight is 256 g/mol. The molecule has 1 aliphatic rings. The lowest BCUT2D eigenvalue weighted by Crippen LogP contribution is -2.15. The molecule has 3 rings (SSSR count). The van der Waals surface area contributed by atoms with E-state index in [4.69, 9.17) is 5.73 Å². The third-order valence-corrected chi connectivity index (χ3v) is 2.81. The highest BCUT2D eigenvalue weighted by Crippen LogP contribution is 2.22. The summed E-state index contributed by atoms with van der Waals surface area (Å²) in [4.78, 5) is 18.2. The van der Waals surface area contributed by atoms with Crippen molar-refractivity contribution >= 4 is 11.6 Å². The van der Waals surface area contributed by atoms with Crippen LogP contribution in [-0.4, -0.2) is 22.4 Å². The van der Waals surface area contributed by atoms with Crippen molar-refractivity contribution in [3.8, 4) is 0 Å². The van der Waals surface area contributed by atoms with Crippen LogP contribution in [0.5, 0.6) is 0 Å². The van der Waals surface area contributed by atoms with Crippen LogP contribution >= 0.6 is 0 Å².